The largest absolute Gasteiger partial charge is 0.456 e. The zero-order valence-electron chi connectivity index (χ0n) is 53.3. The van der Waals surface area contributed by atoms with E-state index in [2.05, 4.69) is 340 Å². The third-order valence-electron chi connectivity index (χ3n) is 20.5. The minimum absolute atomic E-state index is 0.100. The Balaban J connectivity index is 1.01. The summed E-state index contributed by atoms with van der Waals surface area (Å²) in [5.41, 5.74) is 30.8. The smallest absolute Gasteiger partial charge is 0.252 e. The quantitative estimate of drug-likeness (QED) is 0.155. The van der Waals surface area contributed by atoms with Crippen molar-refractivity contribution in [1.82, 2.24) is 0 Å². The van der Waals surface area contributed by atoms with Crippen LogP contribution < -0.4 is 52.4 Å². The average molecular weight is 1210 g/mol. The van der Waals surface area contributed by atoms with Gasteiger partial charge in [0.15, 0.2) is 0 Å². The molecule has 94 heavy (non-hydrogen) atoms. The summed E-state index contributed by atoms with van der Waals surface area (Å²) in [6.45, 7) is 13.4. The molecule has 2 aromatic heterocycles. The molecule has 0 saturated carbocycles. The molecule has 0 saturated heterocycles. The van der Waals surface area contributed by atoms with Gasteiger partial charge in [0, 0.05) is 85.2 Å². The maximum absolute atomic E-state index is 7.39. The fourth-order valence-corrected chi connectivity index (χ4v) is 16.2. The van der Waals surface area contributed by atoms with Gasteiger partial charge in [0.25, 0.3) is 13.4 Å². The summed E-state index contributed by atoms with van der Waals surface area (Å²) < 4.78 is 14.7. The van der Waals surface area contributed by atoms with Gasteiger partial charge < -0.3 is 28.4 Å². The molecule has 4 aliphatic rings. The second-order valence-electron chi connectivity index (χ2n) is 27.9. The van der Waals surface area contributed by atoms with Crippen LogP contribution in [-0.4, -0.2) is 13.4 Å². The summed E-state index contributed by atoms with van der Waals surface area (Å²) in [4.78, 5) is 10.3. The van der Waals surface area contributed by atoms with Gasteiger partial charge in [0.05, 0.1) is 27.8 Å². The van der Waals surface area contributed by atoms with Gasteiger partial charge in [-0.15, -0.1) is 0 Å². The van der Waals surface area contributed by atoms with Gasteiger partial charge in [0.2, 0.25) is 0 Å². The Bertz CT molecular complexity index is 5560. The topological polar surface area (TPSA) is 39.2 Å². The molecule has 19 rings (SSSR count). The lowest BCUT2D eigenvalue weighted by atomic mass is 9.30. The van der Waals surface area contributed by atoms with Crippen LogP contribution in [0.15, 0.2) is 288 Å². The maximum Gasteiger partial charge on any atom is 0.252 e. The predicted molar refractivity (Wildman–Crippen MR) is 397 cm³/mol. The van der Waals surface area contributed by atoms with Crippen molar-refractivity contribution in [2.45, 2.75) is 52.4 Å². The normalized spacial score (nSPS) is 13.7. The minimum atomic E-state index is -0.247. The van der Waals surface area contributed by atoms with E-state index in [0.29, 0.717) is 0 Å². The first kappa shape index (κ1) is 54.5. The van der Waals surface area contributed by atoms with E-state index >= 15 is 0 Å². The number of hydrogen-bond acceptors (Lipinski definition) is 6. The summed E-state index contributed by atoms with van der Waals surface area (Å²) in [5, 5.41) is 4.43. The van der Waals surface area contributed by atoms with Crippen LogP contribution in [0, 0.1) is 0 Å². The van der Waals surface area contributed by atoms with Gasteiger partial charge in [-0.2, -0.15) is 0 Å². The summed E-state index contributed by atoms with van der Waals surface area (Å²) in [6, 6.07) is 104. The monoisotopic (exact) mass is 1210 g/mol. The lowest BCUT2D eigenvalue weighted by Crippen LogP contribution is -2.65. The van der Waals surface area contributed by atoms with Crippen LogP contribution in [0.1, 0.15) is 52.7 Å². The second-order valence-corrected chi connectivity index (χ2v) is 27.9. The Labute approximate surface area is 548 Å². The summed E-state index contributed by atoms with van der Waals surface area (Å²) >= 11 is 0. The van der Waals surface area contributed by atoms with Crippen LogP contribution in [-0.2, 0) is 10.8 Å². The molecule has 4 aliphatic heterocycles. The van der Waals surface area contributed by atoms with E-state index in [1.807, 2.05) is 0 Å². The number of furan rings is 2. The number of nitrogens with zero attached hydrogens (tertiary/aromatic N) is 4. The van der Waals surface area contributed by atoms with Crippen molar-refractivity contribution in [3.63, 3.8) is 0 Å². The van der Waals surface area contributed by atoms with Crippen molar-refractivity contribution in [3.8, 4) is 22.3 Å². The Morgan fingerprint density at radius 1 is 0.277 bits per heavy atom. The molecule has 0 aliphatic carbocycles. The Morgan fingerprint density at radius 3 is 1.10 bits per heavy atom. The number of benzene rings is 13. The lowest BCUT2D eigenvalue weighted by molar-refractivity contribution is 0.590. The van der Waals surface area contributed by atoms with E-state index in [1.54, 1.807) is 0 Å². The van der Waals surface area contributed by atoms with Crippen molar-refractivity contribution < 1.29 is 8.83 Å². The molecule has 0 radical (unpaired) electrons. The predicted octanol–water partition coefficient (Wildman–Crippen LogP) is 19.6. The van der Waals surface area contributed by atoms with Crippen molar-refractivity contribution in [2.24, 2.45) is 0 Å². The maximum atomic E-state index is 7.39. The molecule has 6 nitrogen and oxygen atoms in total. The van der Waals surface area contributed by atoms with Gasteiger partial charge >= 0.3 is 0 Å². The van der Waals surface area contributed by atoms with Crippen LogP contribution in [0.25, 0.3) is 66.1 Å². The number of anilines is 12. The van der Waals surface area contributed by atoms with E-state index < -0.39 is 0 Å². The van der Waals surface area contributed by atoms with Crippen molar-refractivity contribution in [2.75, 3.05) is 19.6 Å². The zero-order valence-corrected chi connectivity index (χ0v) is 53.3. The Morgan fingerprint density at radius 2 is 0.660 bits per heavy atom. The van der Waals surface area contributed by atoms with Crippen LogP contribution in [0.2, 0.25) is 0 Å². The molecule has 0 bridgehead atoms. The number of fused-ring (bicyclic) bond motifs is 16. The molecule has 0 amide bonds. The van der Waals surface area contributed by atoms with Gasteiger partial charge in [-0.05, 0) is 145 Å². The van der Waals surface area contributed by atoms with E-state index in [0.717, 1.165) is 134 Å². The van der Waals surface area contributed by atoms with Crippen molar-refractivity contribution in [1.29, 1.82) is 0 Å². The highest BCUT2D eigenvalue weighted by molar-refractivity contribution is 7.03. The molecule has 0 N–H and O–H groups in total. The molecular weight excluding hydrogens is 1140 g/mol. The number of hydrogen-bond donors (Lipinski definition) is 0. The third kappa shape index (κ3) is 7.92. The SMILES string of the molecule is CC(C)(C)c1ccc2oc3cc4c5c(c3c2c1)N(c1ccccc1)c1ccccc1B5c1cc2c(cc1N4c1ccccc1)N(c1c(-c3ccccc3)cccc1-c1ccccc1)c1cc3oc4ccc(C(C)(C)C)cc4c3c3c1B2c1ccccc1N3c1ccccc1. The number of para-hydroxylation sites is 6. The van der Waals surface area contributed by atoms with Crippen molar-refractivity contribution >= 4 is 158 Å². The van der Waals surface area contributed by atoms with Gasteiger partial charge in [-0.1, -0.05) is 230 Å². The fraction of sp³-hybridized carbons (Fsp3) is 0.0930. The summed E-state index contributed by atoms with van der Waals surface area (Å²) in [6.07, 6.45) is 0. The molecule has 0 unspecified atom stereocenters. The van der Waals surface area contributed by atoms with Gasteiger partial charge in [-0.3, -0.25) is 0 Å². The molecule has 8 heteroatoms. The molecule has 6 heterocycles. The first-order valence-corrected chi connectivity index (χ1v) is 33.0. The molecule has 15 aromatic rings. The highest BCUT2D eigenvalue weighted by Gasteiger charge is 2.50. The molecule has 13 aromatic carbocycles. The first-order chi connectivity index (χ1) is 45.9. The average Bonchev–Trinajstić information content (AvgIpc) is 1.03. The molecule has 446 valence electrons. The zero-order chi connectivity index (χ0) is 62.9. The highest BCUT2D eigenvalue weighted by Crippen LogP contribution is 2.56. The first-order valence-electron chi connectivity index (χ1n) is 33.0. The van der Waals surface area contributed by atoms with Gasteiger partial charge in [0.1, 0.15) is 22.3 Å². The van der Waals surface area contributed by atoms with Gasteiger partial charge in [-0.25, -0.2) is 0 Å². The van der Waals surface area contributed by atoms with E-state index in [1.165, 1.54) is 43.9 Å². The highest BCUT2D eigenvalue weighted by atomic mass is 16.3. The summed E-state index contributed by atoms with van der Waals surface area (Å²) in [5.74, 6) is 0. The Kier molecular flexibility index (Phi) is 11.7. The standard InChI is InChI=1S/C86H64B2N4O2/c1-85(2,3)55-43-45-74-62(47-55)78-76(93-74)51-72-80-83(78)90(58-33-18-10-19-34-58)68-41-24-22-39-64(68)87(80)66-49-67-71(50-70(66)89(72)57-31-16-9-17-32-57)92(82-60(53-27-12-7-13-28-53)37-26-38-61(82)54-29-14-8-15-30-54)73-52-77-79(63-48-56(86(4,5)6)44-46-75(63)94-77)84-81(73)88(67)65-40-23-25-42-69(65)91(84)59-35-20-11-21-36-59/h7-52H,1-6H3. The van der Waals surface area contributed by atoms with Crippen LogP contribution in [0.4, 0.5) is 68.2 Å². The van der Waals surface area contributed by atoms with E-state index in [4.69, 9.17) is 8.83 Å². The minimum Gasteiger partial charge on any atom is -0.456 e. The second kappa shape index (κ2) is 20.1. The fourth-order valence-electron chi connectivity index (χ4n) is 16.2. The molecule has 0 atom stereocenters. The molecule has 0 fully saturated rings. The lowest BCUT2D eigenvalue weighted by Gasteiger charge is -2.47. The number of rotatable bonds is 6. The summed E-state index contributed by atoms with van der Waals surface area (Å²) in [7, 11) is 0. The van der Waals surface area contributed by atoms with E-state index in [-0.39, 0.29) is 24.3 Å². The van der Waals surface area contributed by atoms with Crippen LogP contribution >= 0.6 is 0 Å². The molecule has 0 spiro atoms. The molecular formula is C86H64B2N4O2. The Hall–Kier alpha value is -11.2. The van der Waals surface area contributed by atoms with Crippen LogP contribution in [0.3, 0.4) is 0 Å². The van der Waals surface area contributed by atoms with E-state index in [9.17, 15) is 0 Å². The van der Waals surface area contributed by atoms with Crippen molar-refractivity contribution in [3.05, 3.63) is 290 Å². The third-order valence-corrected chi connectivity index (χ3v) is 20.5. The van der Waals surface area contributed by atoms with Crippen LogP contribution in [0.5, 0.6) is 0 Å².